The Morgan fingerprint density at radius 1 is 1.55 bits per heavy atom. The zero-order valence-corrected chi connectivity index (χ0v) is 8.16. The normalized spacial score (nSPS) is 12.6. The van der Waals surface area contributed by atoms with Gasteiger partial charge in [0, 0.05) is 12.5 Å². The van der Waals surface area contributed by atoms with Crippen molar-refractivity contribution in [3.8, 4) is 0 Å². The van der Waals surface area contributed by atoms with E-state index in [-0.39, 0.29) is 11.8 Å². The minimum Gasteiger partial charge on any atom is -0.356 e. The van der Waals surface area contributed by atoms with Gasteiger partial charge in [-0.1, -0.05) is 6.92 Å². The lowest BCUT2D eigenvalue weighted by Gasteiger charge is -2.11. The molecule has 1 atom stereocenters. The molecule has 0 aliphatic heterocycles. The fourth-order valence-electron chi connectivity index (χ4n) is 0.995. The van der Waals surface area contributed by atoms with Crippen LogP contribution in [0.5, 0.6) is 0 Å². The largest absolute Gasteiger partial charge is 0.356 e. The molecule has 0 radical (unpaired) electrons. The van der Waals surface area contributed by atoms with E-state index in [1.807, 2.05) is 13.8 Å². The third kappa shape index (κ3) is 4.30. The monoisotopic (exact) mass is 175 g/mol. The van der Waals surface area contributed by atoms with Crippen LogP contribution >= 0.6 is 12.6 Å². The Balaban J connectivity index is 3.71. The zero-order valence-electron chi connectivity index (χ0n) is 7.26. The van der Waals surface area contributed by atoms with Gasteiger partial charge in [-0.2, -0.15) is 12.6 Å². The molecule has 0 aliphatic carbocycles. The van der Waals surface area contributed by atoms with Gasteiger partial charge in [-0.05, 0) is 25.5 Å². The van der Waals surface area contributed by atoms with Crippen molar-refractivity contribution in [3.63, 3.8) is 0 Å². The molecule has 0 bridgehead atoms. The van der Waals surface area contributed by atoms with Gasteiger partial charge < -0.3 is 5.32 Å². The van der Waals surface area contributed by atoms with E-state index in [4.69, 9.17) is 0 Å². The van der Waals surface area contributed by atoms with Crippen molar-refractivity contribution < 1.29 is 4.79 Å². The highest BCUT2D eigenvalue weighted by Crippen LogP contribution is 2.08. The molecule has 0 spiro atoms. The van der Waals surface area contributed by atoms with Crippen LogP contribution in [0.25, 0.3) is 0 Å². The van der Waals surface area contributed by atoms with E-state index in [1.165, 1.54) is 0 Å². The van der Waals surface area contributed by atoms with Crippen LogP contribution in [0, 0.1) is 5.92 Å². The van der Waals surface area contributed by atoms with Crippen LogP contribution in [0.15, 0.2) is 0 Å². The number of nitrogens with one attached hydrogen (secondary N) is 1. The molecule has 11 heavy (non-hydrogen) atoms. The fraction of sp³-hybridized carbons (Fsp3) is 0.875. The summed E-state index contributed by atoms with van der Waals surface area (Å²) in [5, 5.41) is 2.81. The van der Waals surface area contributed by atoms with Crippen molar-refractivity contribution in [1.82, 2.24) is 5.32 Å². The first-order valence-corrected chi connectivity index (χ1v) is 4.78. The molecule has 2 nitrogen and oxygen atoms in total. The second kappa shape index (κ2) is 6.53. The molecular formula is C8H17NOS. The molecule has 0 fully saturated rings. The number of hydrogen-bond acceptors (Lipinski definition) is 2. The molecular weight excluding hydrogens is 158 g/mol. The zero-order chi connectivity index (χ0) is 8.69. The van der Waals surface area contributed by atoms with Gasteiger partial charge in [-0.3, -0.25) is 4.79 Å². The maximum Gasteiger partial charge on any atom is 0.223 e. The number of amides is 1. The maximum atomic E-state index is 11.2. The first-order valence-electron chi connectivity index (χ1n) is 4.14. The Hall–Kier alpha value is -0.180. The molecule has 1 unspecified atom stereocenters. The van der Waals surface area contributed by atoms with Gasteiger partial charge in [0.1, 0.15) is 0 Å². The Labute approximate surface area is 74.2 Å². The highest BCUT2D eigenvalue weighted by Gasteiger charge is 2.13. The molecule has 1 amide bonds. The van der Waals surface area contributed by atoms with E-state index in [0.29, 0.717) is 0 Å². The van der Waals surface area contributed by atoms with Gasteiger partial charge >= 0.3 is 0 Å². The van der Waals surface area contributed by atoms with Gasteiger partial charge in [0.2, 0.25) is 5.91 Å². The minimum absolute atomic E-state index is 0.160. The molecule has 0 aromatic heterocycles. The summed E-state index contributed by atoms with van der Waals surface area (Å²) in [6.07, 6.45) is 1.79. The first kappa shape index (κ1) is 10.8. The highest BCUT2D eigenvalue weighted by atomic mass is 32.1. The van der Waals surface area contributed by atoms with Crippen LogP contribution in [-0.4, -0.2) is 18.2 Å². The topological polar surface area (TPSA) is 29.1 Å². The number of carbonyl (C=O) groups excluding carboxylic acids is 1. The number of hydrogen-bond donors (Lipinski definition) is 2. The lowest BCUT2D eigenvalue weighted by Crippen LogP contribution is -2.30. The van der Waals surface area contributed by atoms with Gasteiger partial charge in [0.05, 0.1) is 0 Å². The van der Waals surface area contributed by atoms with E-state index >= 15 is 0 Å². The summed E-state index contributed by atoms with van der Waals surface area (Å²) in [6.45, 7) is 4.69. The quantitative estimate of drug-likeness (QED) is 0.609. The molecule has 0 heterocycles. The van der Waals surface area contributed by atoms with Crippen molar-refractivity contribution in [2.24, 2.45) is 5.92 Å². The van der Waals surface area contributed by atoms with E-state index in [0.717, 1.165) is 25.1 Å². The summed E-state index contributed by atoms with van der Waals surface area (Å²) in [5.41, 5.74) is 0. The minimum atomic E-state index is 0.160. The predicted molar refractivity (Wildman–Crippen MR) is 50.9 cm³/mol. The maximum absolute atomic E-state index is 11.2. The molecule has 0 rings (SSSR count). The average molecular weight is 175 g/mol. The van der Waals surface area contributed by atoms with Crippen molar-refractivity contribution in [1.29, 1.82) is 0 Å². The number of thiol groups is 1. The molecule has 0 aromatic rings. The van der Waals surface area contributed by atoms with E-state index < -0.39 is 0 Å². The van der Waals surface area contributed by atoms with Gasteiger partial charge in [0.15, 0.2) is 0 Å². The van der Waals surface area contributed by atoms with Gasteiger partial charge in [-0.25, -0.2) is 0 Å². The Bertz CT molecular complexity index is 117. The standard InChI is InChI=1S/C8H17NOS/c1-3-7(5-6-11)8(10)9-4-2/h7,11H,3-6H2,1-2H3,(H,9,10). The molecule has 1 N–H and O–H groups in total. The predicted octanol–water partition coefficient (Wildman–Crippen LogP) is 1.47. The van der Waals surface area contributed by atoms with Crippen LogP contribution in [0.3, 0.4) is 0 Å². The number of rotatable bonds is 5. The first-order chi connectivity index (χ1) is 5.26. The molecule has 66 valence electrons. The van der Waals surface area contributed by atoms with Crippen LogP contribution in [0.4, 0.5) is 0 Å². The van der Waals surface area contributed by atoms with Gasteiger partial charge in [-0.15, -0.1) is 0 Å². The molecule has 0 aliphatic rings. The van der Waals surface area contributed by atoms with Crippen LogP contribution < -0.4 is 5.32 Å². The van der Waals surface area contributed by atoms with E-state index in [2.05, 4.69) is 17.9 Å². The summed E-state index contributed by atoms with van der Waals surface area (Å²) < 4.78 is 0. The molecule has 0 aromatic carbocycles. The Morgan fingerprint density at radius 3 is 2.55 bits per heavy atom. The fourth-order valence-corrected chi connectivity index (χ4v) is 1.31. The van der Waals surface area contributed by atoms with Crippen molar-refractivity contribution in [2.75, 3.05) is 12.3 Å². The Kier molecular flexibility index (Phi) is 6.42. The van der Waals surface area contributed by atoms with E-state index in [1.54, 1.807) is 0 Å². The summed E-state index contributed by atoms with van der Waals surface area (Å²) >= 11 is 4.10. The lowest BCUT2D eigenvalue weighted by molar-refractivity contribution is -0.125. The number of carbonyl (C=O) groups is 1. The van der Waals surface area contributed by atoms with Crippen LogP contribution in [-0.2, 0) is 4.79 Å². The third-order valence-corrected chi connectivity index (χ3v) is 1.95. The molecule has 0 saturated heterocycles. The summed E-state index contributed by atoms with van der Waals surface area (Å²) in [5.74, 6) is 1.12. The van der Waals surface area contributed by atoms with E-state index in [9.17, 15) is 4.79 Å². The summed E-state index contributed by atoms with van der Waals surface area (Å²) in [4.78, 5) is 11.2. The average Bonchev–Trinajstić information content (AvgIpc) is 2.00. The lowest BCUT2D eigenvalue weighted by atomic mass is 10.0. The van der Waals surface area contributed by atoms with Crippen LogP contribution in [0.1, 0.15) is 26.7 Å². The van der Waals surface area contributed by atoms with Gasteiger partial charge in [0.25, 0.3) is 0 Å². The van der Waals surface area contributed by atoms with Crippen molar-refractivity contribution in [2.45, 2.75) is 26.7 Å². The van der Waals surface area contributed by atoms with Crippen molar-refractivity contribution >= 4 is 18.5 Å². The highest BCUT2D eigenvalue weighted by molar-refractivity contribution is 7.80. The molecule has 0 saturated carbocycles. The third-order valence-electron chi connectivity index (χ3n) is 1.69. The second-order valence-corrected chi connectivity index (χ2v) is 2.96. The van der Waals surface area contributed by atoms with Crippen molar-refractivity contribution in [3.05, 3.63) is 0 Å². The second-order valence-electron chi connectivity index (χ2n) is 2.51. The molecule has 3 heteroatoms. The summed E-state index contributed by atoms with van der Waals surface area (Å²) in [6, 6.07) is 0. The SMILES string of the molecule is CCNC(=O)C(CC)CCS. The Morgan fingerprint density at radius 2 is 2.18 bits per heavy atom. The smallest absolute Gasteiger partial charge is 0.223 e. The summed E-state index contributed by atoms with van der Waals surface area (Å²) in [7, 11) is 0. The van der Waals surface area contributed by atoms with Crippen LogP contribution in [0.2, 0.25) is 0 Å².